The van der Waals surface area contributed by atoms with Crippen LogP contribution in [0.1, 0.15) is 46.4 Å². The molecule has 3 nitrogen and oxygen atoms in total. The number of rotatable bonds is 3. The normalized spacial score (nSPS) is 18.3. The summed E-state index contributed by atoms with van der Waals surface area (Å²) in [5.41, 5.74) is 6.41. The molecular formula is C25H25BrN2O. The number of para-hydroxylation sites is 2. The van der Waals surface area contributed by atoms with Gasteiger partial charge in [-0.15, -0.1) is 0 Å². The van der Waals surface area contributed by atoms with Gasteiger partial charge in [0.2, 0.25) is 0 Å². The predicted octanol–water partition coefficient (Wildman–Crippen LogP) is 6.66. The largest absolute Gasteiger partial charge is 0.378 e. The molecule has 0 unspecified atom stereocenters. The van der Waals surface area contributed by atoms with Crippen molar-refractivity contribution in [1.29, 1.82) is 0 Å². The molecule has 1 aliphatic rings. The maximum atomic E-state index is 13.4. The third kappa shape index (κ3) is 3.82. The summed E-state index contributed by atoms with van der Waals surface area (Å²) in [7, 11) is 0. The lowest BCUT2D eigenvalue weighted by atomic mass is 9.88. The van der Waals surface area contributed by atoms with Gasteiger partial charge in [0.15, 0.2) is 0 Å². The summed E-state index contributed by atoms with van der Waals surface area (Å²) < 4.78 is 0.972. The number of amides is 1. The van der Waals surface area contributed by atoms with Gasteiger partial charge >= 0.3 is 0 Å². The van der Waals surface area contributed by atoms with Gasteiger partial charge < -0.3 is 10.2 Å². The lowest BCUT2D eigenvalue weighted by Crippen LogP contribution is -2.44. The van der Waals surface area contributed by atoms with E-state index in [-0.39, 0.29) is 18.0 Å². The number of aryl methyl sites for hydroxylation is 2. The van der Waals surface area contributed by atoms with E-state index in [4.69, 9.17) is 0 Å². The van der Waals surface area contributed by atoms with E-state index in [0.717, 1.165) is 27.8 Å². The van der Waals surface area contributed by atoms with Gasteiger partial charge in [-0.2, -0.15) is 0 Å². The molecule has 0 fully saturated rings. The van der Waals surface area contributed by atoms with Crippen molar-refractivity contribution >= 4 is 33.2 Å². The number of hydrogen-bond acceptors (Lipinski definition) is 2. The minimum atomic E-state index is 0.0508. The van der Waals surface area contributed by atoms with Gasteiger partial charge in [-0.3, -0.25) is 4.79 Å². The Morgan fingerprint density at radius 3 is 2.38 bits per heavy atom. The number of nitrogens with one attached hydrogen (secondary N) is 1. The van der Waals surface area contributed by atoms with E-state index in [0.29, 0.717) is 5.56 Å². The van der Waals surface area contributed by atoms with Crippen LogP contribution in [0.2, 0.25) is 0 Å². The van der Waals surface area contributed by atoms with Crippen LogP contribution in [-0.2, 0) is 0 Å². The van der Waals surface area contributed by atoms with Crippen LogP contribution in [0.15, 0.2) is 71.2 Å². The Morgan fingerprint density at radius 2 is 1.66 bits per heavy atom. The van der Waals surface area contributed by atoms with Gasteiger partial charge in [0.25, 0.3) is 5.91 Å². The van der Waals surface area contributed by atoms with Crippen molar-refractivity contribution in [3.05, 3.63) is 93.5 Å². The van der Waals surface area contributed by atoms with E-state index >= 15 is 0 Å². The second-order valence-electron chi connectivity index (χ2n) is 7.79. The zero-order valence-corrected chi connectivity index (χ0v) is 18.5. The Hall–Kier alpha value is -2.59. The van der Waals surface area contributed by atoms with Crippen molar-refractivity contribution in [2.75, 3.05) is 10.2 Å². The van der Waals surface area contributed by atoms with Crippen LogP contribution in [0.5, 0.6) is 0 Å². The molecule has 0 saturated carbocycles. The number of halogens is 1. The number of hydrogen-bond donors (Lipinski definition) is 1. The van der Waals surface area contributed by atoms with E-state index < -0.39 is 0 Å². The molecule has 0 radical (unpaired) electrons. The molecule has 2 atom stereocenters. The molecule has 0 saturated heterocycles. The molecule has 29 heavy (non-hydrogen) atoms. The van der Waals surface area contributed by atoms with Gasteiger partial charge in [0, 0.05) is 21.8 Å². The monoisotopic (exact) mass is 448 g/mol. The molecule has 148 valence electrons. The Bertz CT molecular complexity index is 1040. The fourth-order valence-electron chi connectivity index (χ4n) is 4.18. The van der Waals surface area contributed by atoms with Crippen LogP contribution >= 0.6 is 15.9 Å². The van der Waals surface area contributed by atoms with E-state index in [9.17, 15) is 4.79 Å². The van der Waals surface area contributed by atoms with E-state index in [1.807, 2.05) is 29.2 Å². The van der Waals surface area contributed by atoms with Crippen LogP contribution in [0, 0.1) is 13.8 Å². The highest BCUT2D eigenvalue weighted by atomic mass is 79.9. The summed E-state index contributed by atoms with van der Waals surface area (Å²) in [4.78, 5) is 15.4. The third-order valence-corrected chi connectivity index (χ3v) is 6.22. The lowest BCUT2D eigenvalue weighted by molar-refractivity contribution is 0.0974. The number of benzene rings is 3. The number of anilines is 2. The average molecular weight is 449 g/mol. The highest BCUT2D eigenvalue weighted by molar-refractivity contribution is 9.10. The number of fused-ring (bicyclic) bond motifs is 1. The molecule has 1 amide bonds. The molecule has 4 heteroatoms. The SMILES string of the molecule is Cc1ccccc1N[C@H]1C[C@H](C)N(C(=O)c2ccc(Br)cc2)c2c(C)cccc21. The van der Waals surface area contributed by atoms with Gasteiger partial charge in [-0.1, -0.05) is 52.3 Å². The van der Waals surface area contributed by atoms with Crippen LogP contribution < -0.4 is 10.2 Å². The fourth-order valence-corrected chi connectivity index (χ4v) is 4.44. The predicted molar refractivity (Wildman–Crippen MR) is 124 cm³/mol. The molecule has 0 aliphatic carbocycles. The Morgan fingerprint density at radius 1 is 0.966 bits per heavy atom. The maximum Gasteiger partial charge on any atom is 0.258 e. The van der Waals surface area contributed by atoms with E-state index in [2.05, 4.69) is 84.5 Å². The first-order valence-corrected chi connectivity index (χ1v) is 10.8. The second-order valence-corrected chi connectivity index (χ2v) is 8.71. The molecule has 0 spiro atoms. The molecule has 4 rings (SSSR count). The van der Waals surface area contributed by atoms with Crippen LogP contribution in [0.3, 0.4) is 0 Å². The van der Waals surface area contributed by atoms with Crippen LogP contribution in [-0.4, -0.2) is 11.9 Å². The quantitative estimate of drug-likeness (QED) is 0.485. The van der Waals surface area contributed by atoms with Crippen LogP contribution in [0.25, 0.3) is 0 Å². The molecule has 1 heterocycles. The summed E-state index contributed by atoms with van der Waals surface area (Å²) in [5.74, 6) is 0.0508. The topological polar surface area (TPSA) is 32.3 Å². The number of nitrogens with zero attached hydrogens (tertiary/aromatic N) is 1. The summed E-state index contributed by atoms with van der Waals surface area (Å²) in [6, 6.07) is 22.5. The van der Waals surface area contributed by atoms with Gasteiger partial charge in [-0.05, 0) is 74.2 Å². The average Bonchev–Trinajstić information content (AvgIpc) is 2.70. The molecule has 3 aromatic carbocycles. The maximum absolute atomic E-state index is 13.4. The Labute approximate surface area is 180 Å². The molecule has 0 bridgehead atoms. The van der Waals surface area contributed by atoms with Crippen molar-refractivity contribution in [2.24, 2.45) is 0 Å². The highest BCUT2D eigenvalue weighted by Crippen LogP contribution is 2.41. The molecule has 0 aromatic heterocycles. The number of carbonyl (C=O) groups excluding carboxylic acids is 1. The standard InChI is InChI=1S/C25H25BrN2O/c1-16-7-4-5-10-22(16)27-23-15-18(3)28(24-17(2)8-6-9-21(23)24)25(29)19-11-13-20(26)14-12-19/h4-14,18,23,27H,15H2,1-3H3/t18-,23-/m0/s1. The summed E-state index contributed by atoms with van der Waals surface area (Å²) >= 11 is 3.45. The summed E-state index contributed by atoms with van der Waals surface area (Å²) in [5, 5.41) is 3.73. The fraction of sp³-hybridized carbons (Fsp3) is 0.240. The zero-order chi connectivity index (χ0) is 20.5. The lowest BCUT2D eigenvalue weighted by Gasteiger charge is -2.41. The van der Waals surface area contributed by atoms with Crippen molar-refractivity contribution in [1.82, 2.24) is 0 Å². The minimum Gasteiger partial charge on any atom is -0.378 e. The smallest absolute Gasteiger partial charge is 0.258 e. The zero-order valence-electron chi connectivity index (χ0n) is 16.9. The molecule has 1 N–H and O–H groups in total. The first-order chi connectivity index (χ1) is 14.0. The van der Waals surface area contributed by atoms with Crippen molar-refractivity contribution in [3.63, 3.8) is 0 Å². The van der Waals surface area contributed by atoms with Gasteiger partial charge in [0.1, 0.15) is 0 Å². The first kappa shape index (κ1) is 19.7. The highest BCUT2D eigenvalue weighted by Gasteiger charge is 2.35. The second kappa shape index (κ2) is 8.03. The molecule has 3 aromatic rings. The Kier molecular flexibility index (Phi) is 5.46. The van der Waals surface area contributed by atoms with Gasteiger partial charge in [-0.25, -0.2) is 0 Å². The van der Waals surface area contributed by atoms with E-state index in [1.54, 1.807) is 0 Å². The first-order valence-electron chi connectivity index (χ1n) is 9.96. The summed E-state index contributed by atoms with van der Waals surface area (Å²) in [6.45, 7) is 6.34. The number of carbonyl (C=O) groups is 1. The van der Waals surface area contributed by atoms with Crippen molar-refractivity contribution in [2.45, 2.75) is 39.3 Å². The van der Waals surface area contributed by atoms with Gasteiger partial charge in [0.05, 0.1) is 11.7 Å². The Balaban J connectivity index is 1.74. The van der Waals surface area contributed by atoms with Crippen LogP contribution in [0.4, 0.5) is 11.4 Å². The molecule has 1 aliphatic heterocycles. The molecular weight excluding hydrogens is 424 g/mol. The minimum absolute atomic E-state index is 0.0508. The van der Waals surface area contributed by atoms with Crippen molar-refractivity contribution < 1.29 is 4.79 Å². The summed E-state index contributed by atoms with van der Waals surface area (Å²) in [6.07, 6.45) is 0.854. The van der Waals surface area contributed by atoms with Crippen molar-refractivity contribution in [3.8, 4) is 0 Å². The third-order valence-electron chi connectivity index (χ3n) is 5.69. The van der Waals surface area contributed by atoms with E-state index in [1.165, 1.54) is 11.1 Å².